The fourth-order valence-corrected chi connectivity index (χ4v) is 8.16. The molecule has 11 nitrogen and oxygen atoms in total. The van der Waals surface area contributed by atoms with Crippen molar-refractivity contribution < 1.29 is 9.84 Å². The second-order valence-electron chi connectivity index (χ2n) is 14.6. The Balaban J connectivity index is 0.000000156. The van der Waals surface area contributed by atoms with Crippen LogP contribution in [0.25, 0.3) is 11.2 Å². The van der Waals surface area contributed by atoms with Gasteiger partial charge in [0.1, 0.15) is 5.75 Å². The van der Waals surface area contributed by atoms with E-state index < -0.39 is 5.60 Å². The maximum Gasteiger partial charge on any atom is 0.332 e. The number of aryl methyl sites for hydroxylation is 2. The van der Waals surface area contributed by atoms with Crippen molar-refractivity contribution in [2.24, 2.45) is 27.1 Å². The molecule has 5 aromatic rings. The van der Waals surface area contributed by atoms with E-state index in [2.05, 4.69) is 103 Å². The molecule has 0 amide bonds. The minimum atomic E-state index is -0.711. The number of benzene rings is 3. The number of methoxy groups -OCH3 is 1. The summed E-state index contributed by atoms with van der Waals surface area (Å²) in [6.07, 6.45) is 5.76. The van der Waals surface area contributed by atoms with E-state index in [4.69, 9.17) is 4.74 Å². The van der Waals surface area contributed by atoms with E-state index in [-0.39, 0.29) is 11.2 Å². The number of nitrogens with zero attached hydrogens (tertiary/aromatic N) is 7. The third-order valence-corrected chi connectivity index (χ3v) is 11.5. The Labute approximate surface area is 317 Å². The third-order valence-electron chi connectivity index (χ3n) is 10.4. The molecule has 1 aliphatic carbocycles. The highest BCUT2D eigenvalue weighted by Crippen LogP contribution is 2.48. The first kappa shape index (κ1) is 39.8. The molecule has 3 atom stereocenters. The number of aromatic nitrogens is 4. The zero-order chi connectivity index (χ0) is 38.4. The molecular weight excluding hydrogens is 687 g/mol. The molecule has 0 radical (unpaired) electrons. The largest absolute Gasteiger partial charge is 0.497 e. The van der Waals surface area contributed by atoms with Crippen molar-refractivity contribution in [1.82, 2.24) is 28.5 Å². The van der Waals surface area contributed by atoms with Crippen LogP contribution in [0.3, 0.4) is 0 Å². The molecular formula is C41H55N7O4S. The summed E-state index contributed by atoms with van der Waals surface area (Å²) in [5, 5.41) is 11.2. The molecule has 0 bridgehead atoms. The van der Waals surface area contributed by atoms with Crippen LogP contribution in [0.5, 0.6) is 5.75 Å². The molecule has 2 aromatic heterocycles. The second-order valence-corrected chi connectivity index (χ2v) is 15.6. The lowest BCUT2D eigenvalue weighted by atomic mass is 9.71. The van der Waals surface area contributed by atoms with Crippen LogP contribution in [0.4, 0.5) is 11.4 Å². The Morgan fingerprint density at radius 1 is 0.925 bits per heavy atom. The monoisotopic (exact) mass is 741 g/mol. The number of para-hydroxylation sites is 2. The average Bonchev–Trinajstić information content (AvgIpc) is 3.55. The molecule has 12 heteroatoms. The molecule has 3 aromatic carbocycles. The number of aliphatic hydroxyl groups is 1. The van der Waals surface area contributed by atoms with Gasteiger partial charge in [-0.2, -0.15) is 0 Å². The Morgan fingerprint density at radius 2 is 1.57 bits per heavy atom. The van der Waals surface area contributed by atoms with Crippen molar-refractivity contribution in [3.63, 3.8) is 0 Å². The summed E-state index contributed by atoms with van der Waals surface area (Å²) >= 11 is 1.87. The topological polar surface area (TPSA) is 101 Å². The average molecular weight is 742 g/mol. The van der Waals surface area contributed by atoms with Crippen molar-refractivity contribution in [2.45, 2.75) is 54.0 Å². The van der Waals surface area contributed by atoms with Gasteiger partial charge in [0.2, 0.25) is 0 Å². The molecule has 284 valence electrons. The fraction of sp³-hybridized carbons (Fsp3) is 0.439. The predicted octanol–water partition coefficient (Wildman–Crippen LogP) is 5.84. The maximum atomic E-state index is 11.7. The zero-order valence-corrected chi connectivity index (χ0v) is 33.4. The van der Waals surface area contributed by atoms with Crippen LogP contribution < -0.4 is 20.9 Å². The van der Waals surface area contributed by atoms with Gasteiger partial charge in [-0.15, -0.1) is 0 Å². The first-order chi connectivity index (χ1) is 25.3. The Kier molecular flexibility index (Phi) is 12.9. The van der Waals surface area contributed by atoms with Crippen molar-refractivity contribution >= 4 is 34.3 Å². The first-order valence-electron chi connectivity index (χ1n) is 18.1. The van der Waals surface area contributed by atoms with E-state index in [1.165, 1.54) is 45.5 Å². The summed E-state index contributed by atoms with van der Waals surface area (Å²) in [6.45, 7) is 4.20. The van der Waals surface area contributed by atoms with Crippen molar-refractivity contribution in [1.29, 1.82) is 0 Å². The molecule has 1 fully saturated rings. The predicted molar refractivity (Wildman–Crippen MR) is 216 cm³/mol. The molecule has 53 heavy (non-hydrogen) atoms. The quantitative estimate of drug-likeness (QED) is 0.221. The number of anilines is 2. The van der Waals surface area contributed by atoms with Gasteiger partial charge in [-0.05, 0) is 89.9 Å². The summed E-state index contributed by atoms with van der Waals surface area (Å²) in [4.78, 5) is 36.7. The van der Waals surface area contributed by atoms with Crippen LogP contribution in [0.1, 0.15) is 38.2 Å². The number of imidazole rings is 1. The van der Waals surface area contributed by atoms with Crippen LogP contribution in [-0.4, -0.2) is 88.0 Å². The van der Waals surface area contributed by atoms with E-state index in [1.807, 2.05) is 36.0 Å². The first-order valence-corrected chi connectivity index (χ1v) is 19.0. The van der Waals surface area contributed by atoms with Gasteiger partial charge in [0.25, 0.3) is 5.56 Å². The molecule has 3 heterocycles. The van der Waals surface area contributed by atoms with Crippen molar-refractivity contribution in [3.8, 4) is 5.75 Å². The van der Waals surface area contributed by atoms with Gasteiger partial charge in [0.15, 0.2) is 11.2 Å². The minimum absolute atomic E-state index is 0.295. The summed E-state index contributed by atoms with van der Waals surface area (Å²) in [5.41, 5.74) is 3.12. The third kappa shape index (κ3) is 8.73. The molecule has 1 aliphatic heterocycles. The van der Waals surface area contributed by atoms with Gasteiger partial charge in [0, 0.05) is 56.0 Å². The molecule has 0 saturated heterocycles. The van der Waals surface area contributed by atoms with Gasteiger partial charge in [-0.3, -0.25) is 13.9 Å². The number of hydrogen-bond acceptors (Lipinski definition) is 9. The zero-order valence-electron chi connectivity index (χ0n) is 32.6. The summed E-state index contributed by atoms with van der Waals surface area (Å²) in [6, 6.07) is 25.8. The van der Waals surface area contributed by atoms with Crippen molar-refractivity contribution in [2.75, 3.05) is 53.3 Å². The minimum Gasteiger partial charge on any atom is -0.497 e. The van der Waals surface area contributed by atoms with Crippen LogP contribution in [0.15, 0.2) is 98.5 Å². The molecule has 2 aliphatic rings. The van der Waals surface area contributed by atoms with E-state index in [1.54, 1.807) is 25.8 Å². The lowest BCUT2D eigenvalue weighted by Crippen LogP contribution is -2.43. The van der Waals surface area contributed by atoms with E-state index in [9.17, 15) is 14.7 Å². The number of hydrogen-bond donors (Lipinski definition) is 1. The number of rotatable bonds is 7. The number of fused-ring (bicyclic) bond motifs is 3. The molecule has 1 unspecified atom stereocenters. The van der Waals surface area contributed by atoms with Crippen LogP contribution in [0.2, 0.25) is 0 Å². The van der Waals surface area contributed by atoms with E-state index >= 15 is 0 Å². The summed E-state index contributed by atoms with van der Waals surface area (Å²) < 4.78 is 9.33. The van der Waals surface area contributed by atoms with Crippen LogP contribution in [0, 0.1) is 5.92 Å². The highest BCUT2D eigenvalue weighted by Gasteiger charge is 2.40. The molecule has 1 saturated carbocycles. The maximum absolute atomic E-state index is 11.7. The van der Waals surface area contributed by atoms with Crippen LogP contribution >= 0.6 is 11.8 Å². The second kappa shape index (κ2) is 17.2. The van der Waals surface area contributed by atoms with Gasteiger partial charge in [-0.1, -0.05) is 61.0 Å². The highest BCUT2D eigenvalue weighted by molar-refractivity contribution is 7.99. The number of likely N-dealkylation sites (N-methyl/N-ethyl adjacent to an activating group) is 1. The highest BCUT2D eigenvalue weighted by atomic mass is 32.2. The van der Waals surface area contributed by atoms with E-state index in [0.29, 0.717) is 23.1 Å². The fourth-order valence-electron chi connectivity index (χ4n) is 7.06. The Bertz CT molecular complexity index is 2080. The standard InChI is InChI=1S/C17H20N2S.C16H25NO2.C8H10N4O2/c1-13(18(2)3)12-19-14-8-4-6-10-16(14)20-17-11-7-5-9-15(17)19;1-17(2)12-14-7-4-5-10-16(14,18)13-8-6-9-15(11-13)19-3;1-10-4-9-6-5(10)7(13)12(3)8(14)11(6)2/h4-11,13H,12H2,1-3H3;6,8-9,11,14,18H,4-5,7,10,12H2,1-3H3;4H,1-3H3/t;14-,16+;/m.1./s1. The lowest BCUT2D eigenvalue weighted by molar-refractivity contribution is -0.0619. The molecule has 7 rings (SSSR count). The Hall–Kier alpha value is -4.36. The van der Waals surface area contributed by atoms with E-state index in [0.717, 1.165) is 48.2 Å². The summed E-state index contributed by atoms with van der Waals surface area (Å²) in [7, 11) is 14.9. The van der Waals surface area contributed by atoms with Gasteiger partial charge < -0.3 is 29.1 Å². The normalized spacial score (nSPS) is 18.4. The van der Waals surface area contributed by atoms with Gasteiger partial charge in [0.05, 0.1) is 30.4 Å². The molecule has 0 spiro atoms. The Morgan fingerprint density at radius 3 is 2.17 bits per heavy atom. The SMILES string of the molecule is CC(CN1c2ccccc2Sc2ccccc21)N(C)C.COc1cccc([C@@]2(O)CCCC[C@@H]2CN(C)C)c1.Cn1c(=O)c2c(ncn2C)n(C)c1=O. The number of ether oxygens (including phenoxy) is 1. The van der Waals surface area contributed by atoms with Crippen molar-refractivity contribution in [3.05, 3.63) is 106 Å². The smallest absolute Gasteiger partial charge is 0.332 e. The van der Waals surface area contributed by atoms with Gasteiger partial charge in [-0.25, -0.2) is 9.78 Å². The molecule has 1 N–H and O–H groups in total. The summed E-state index contributed by atoms with van der Waals surface area (Å²) in [5.74, 6) is 1.11. The lowest BCUT2D eigenvalue weighted by Gasteiger charge is -2.41. The van der Waals surface area contributed by atoms with Gasteiger partial charge >= 0.3 is 5.69 Å². The van der Waals surface area contributed by atoms with Crippen LogP contribution in [-0.2, 0) is 26.7 Å².